The Morgan fingerprint density at radius 1 is 1.30 bits per heavy atom. The van der Waals surface area contributed by atoms with Crippen molar-refractivity contribution in [3.8, 4) is 11.5 Å². The van der Waals surface area contributed by atoms with E-state index in [0.717, 1.165) is 5.69 Å². The van der Waals surface area contributed by atoms with Gasteiger partial charge in [-0.3, -0.25) is 9.79 Å². The Morgan fingerprint density at radius 3 is 2.61 bits per heavy atom. The highest BCUT2D eigenvalue weighted by Crippen LogP contribution is 2.30. The van der Waals surface area contributed by atoms with Gasteiger partial charge in [0.25, 0.3) is 0 Å². The van der Waals surface area contributed by atoms with Gasteiger partial charge >= 0.3 is 0 Å². The molecule has 2 N–H and O–H groups in total. The number of carbonyl (C=O) groups excluding carboxylic acids is 1. The summed E-state index contributed by atoms with van der Waals surface area (Å²) in [5.74, 6) is 2.00. The molecule has 1 aromatic carbocycles. The van der Waals surface area contributed by atoms with Crippen LogP contribution in [-0.2, 0) is 4.79 Å². The van der Waals surface area contributed by atoms with Crippen LogP contribution in [0.2, 0.25) is 0 Å². The molecule has 7 nitrogen and oxygen atoms in total. The number of nitrogens with zero attached hydrogens (tertiary/aromatic N) is 2. The summed E-state index contributed by atoms with van der Waals surface area (Å²) < 4.78 is 10.8. The normalized spacial score (nSPS) is 10.9. The average Bonchev–Trinajstić information content (AvgIpc) is 2.54. The predicted molar refractivity (Wildman–Crippen MR) is 92.5 cm³/mol. The van der Waals surface area contributed by atoms with Gasteiger partial charge < -0.3 is 25.0 Å². The molecule has 7 heteroatoms. The van der Waals surface area contributed by atoms with E-state index in [1.807, 2.05) is 25.1 Å². The van der Waals surface area contributed by atoms with E-state index >= 15 is 0 Å². The molecule has 0 unspecified atom stereocenters. The third kappa shape index (κ3) is 6.06. The summed E-state index contributed by atoms with van der Waals surface area (Å²) in [6.45, 7) is 2.98. The van der Waals surface area contributed by atoms with Crippen LogP contribution in [0.25, 0.3) is 0 Å². The number of nitrogens with one attached hydrogen (secondary N) is 2. The Kier molecular flexibility index (Phi) is 7.73. The molecule has 0 heterocycles. The monoisotopic (exact) mass is 322 g/mol. The first-order chi connectivity index (χ1) is 11.0. The molecule has 23 heavy (non-hydrogen) atoms. The number of anilines is 1. The van der Waals surface area contributed by atoms with E-state index in [4.69, 9.17) is 9.47 Å². The van der Waals surface area contributed by atoms with E-state index < -0.39 is 0 Å². The largest absolute Gasteiger partial charge is 0.493 e. The van der Waals surface area contributed by atoms with Crippen LogP contribution < -0.4 is 20.1 Å². The number of ether oxygens (including phenoxy) is 2. The van der Waals surface area contributed by atoms with E-state index in [9.17, 15) is 4.79 Å². The molecule has 0 radical (unpaired) electrons. The zero-order chi connectivity index (χ0) is 17.2. The third-order valence-corrected chi connectivity index (χ3v) is 3.08. The number of aliphatic imine (C=N–C) groups is 1. The van der Waals surface area contributed by atoms with Crippen molar-refractivity contribution in [2.75, 3.05) is 46.7 Å². The molecule has 0 aliphatic rings. The molecule has 0 aromatic heterocycles. The smallest absolute Gasteiger partial charge is 0.223 e. The molecule has 0 saturated carbocycles. The van der Waals surface area contributed by atoms with Gasteiger partial charge in [-0.15, -0.1) is 0 Å². The standard InChI is InChI=1S/C16H26N4O3/c1-6-23-14-11-12(7-8-13(14)22-5)19-16(17-2)18-10-9-15(21)20(3)4/h7-8,11H,6,9-10H2,1-5H3,(H2,17,18,19). The SMILES string of the molecule is CCOc1cc(NC(=NC)NCCC(=O)N(C)C)ccc1OC. The molecule has 0 aliphatic heterocycles. The number of methoxy groups -OCH3 is 1. The van der Waals surface area contributed by atoms with Gasteiger partial charge in [-0.1, -0.05) is 0 Å². The lowest BCUT2D eigenvalue weighted by Gasteiger charge is -2.15. The van der Waals surface area contributed by atoms with E-state index in [2.05, 4.69) is 15.6 Å². The molecule has 0 aliphatic carbocycles. The molecule has 0 bridgehead atoms. The first-order valence-corrected chi connectivity index (χ1v) is 7.50. The Balaban J connectivity index is 2.65. The van der Waals surface area contributed by atoms with Crippen molar-refractivity contribution in [2.24, 2.45) is 4.99 Å². The first kappa shape index (κ1) is 18.6. The zero-order valence-electron chi connectivity index (χ0n) is 14.5. The topological polar surface area (TPSA) is 75.2 Å². The number of benzene rings is 1. The quantitative estimate of drug-likeness (QED) is 0.588. The Bertz CT molecular complexity index is 544. The Hall–Kier alpha value is -2.44. The molecule has 0 atom stereocenters. The lowest BCUT2D eigenvalue weighted by molar-refractivity contribution is -0.128. The van der Waals surface area contributed by atoms with Crippen LogP contribution >= 0.6 is 0 Å². The van der Waals surface area contributed by atoms with Crippen LogP contribution in [0, 0.1) is 0 Å². The minimum absolute atomic E-state index is 0.0658. The number of hydrogen-bond donors (Lipinski definition) is 2. The fraction of sp³-hybridized carbons (Fsp3) is 0.500. The molecule has 128 valence electrons. The lowest BCUT2D eigenvalue weighted by atomic mass is 10.2. The highest BCUT2D eigenvalue weighted by Gasteiger charge is 2.08. The number of guanidine groups is 1. The summed E-state index contributed by atoms with van der Waals surface area (Å²) in [6, 6.07) is 5.55. The lowest BCUT2D eigenvalue weighted by Crippen LogP contribution is -2.34. The van der Waals surface area contributed by atoms with Gasteiger partial charge in [0.1, 0.15) is 0 Å². The maximum atomic E-state index is 11.6. The van der Waals surface area contributed by atoms with Crippen molar-refractivity contribution >= 4 is 17.6 Å². The first-order valence-electron chi connectivity index (χ1n) is 7.50. The van der Waals surface area contributed by atoms with E-state index in [1.54, 1.807) is 33.2 Å². The summed E-state index contributed by atoms with van der Waals surface area (Å²) in [6.07, 6.45) is 0.403. The molecule has 1 aromatic rings. The second kappa shape index (κ2) is 9.55. The zero-order valence-corrected chi connectivity index (χ0v) is 14.5. The molecule has 0 spiro atoms. The van der Waals surface area contributed by atoms with Gasteiger partial charge in [0.15, 0.2) is 17.5 Å². The van der Waals surface area contributed by atoms with Gasteiger partial charge in [-0.05, 0) is 19.1 Å². The van der Waals surface area contributed by atoms with Crippen LogP contribution in [-0.4, -0.2) is 58.2 Å². The van der Waals surface area contributed by atoms with Gasteiger partial charge in [-0.25, -0.2) is 0 Å². The molecular formula is C16H26N4O3. The van der Waals surface area contributed by atoms with E-state index in [0.29, 0.717) is 37.0 Å². The van der Waals surface area contributed by atoms with Crippen molar-refractivity contribution < 1.29 is 14.3 Å². The molecule has 0 fully saturated rings. The summed E-state index contributed by atoms with van der Waals surface area (Å²) >= 11 is 0. The van der Waals surface area contributed by atoms with Crippen molar-refractivity contribution in [3.05, 3.63) is 18.2 Å². The van der Waals surface area contributed by atoms with Crippen LogP contribution in [0.15, 0.2) is 23.2 Å². The van der Waals surface area contributed by atoms with Crippen LogP contribution in [0.3, 0.4) is 0 Å². The molecule has 0 saturated heterocycles. The summed E-state index contributed by atoms with van der Waals surface area (Å²) in [5.41, 5.74) is 0.821. The highest BCUT2D eigenvalue weighted by molar-refractivity contribution is 5.94. The fourth-order valence-electron chi connectivity index (χ4n) is 1.85. The number of amides is 1. The van der Waals surface area contributed by atoms with E-state index in [-0.39, 0.29) is 5.91 Å². The number of carbonyl (C=O) groups is 1. The van der Waals surface area contributed by atoms with Crippen LogP contribution in [0.4, 0.5) is 5.69 Å². The highest BCUT2D eigenvalue weighted by atomic mass is 16.5. The van der Waals surface area contributed by atoms with Crippen molar-refractivity contribution in [1.82, 2.24) is 10.2 Å². The Labute approximate surface area is 137 Å². The predicted octanol–water partition coefficient (Wildman–Crippen LogP) is 1.56. The Morgan fingerprint density at radius 2 is 2.04 bits per heavy atom. The van der Waals surface area contributed by atoms with Gasteiger partial charge in [0.05, 0.1) is 13.7 Å². The molecule has 1 amide bonds. The maximum Gasteiger partial charge on any atom is 0.223 e. The van der Waals surface area contributed by atoms with Crippen LogP contribution in [0.1, 0.15) is 13.3 Å². The van der Waals surface area contributed by atoms with E-state index in [1.165, 1.54) is 0 Å². The summed E-state index contributed by atoms with van der Waals surface area (Å²) in [7, 11) is 6.76. The van der Waals surface area contributed by atoms with Crippen molar-refractivity contribution in [2.45, 2.75) is 13.3 Å². The minimum Gasteiger partial charge on any atom is -0.493 e. The minimum atomic E-state index is 0.0658. The second-order valence-electron chi connectivity index (χ2n) is 4.96. The number of rotatable bonds is 7. The van der Waals surface area contributed by atoms with Crippen LogP contribution in [0.5, 0.6) is 11.5 Å². The third-order valence-electron chi connectivity index (χ3n) is 3.08. The van der Waals surface area contributed by atoms with Gasteiger partial charge in [0.2, 0.25) is 5.91 Å². The molecular weight excluding hydrogens is 296 g/mol. The van der Waals surface area contributed by atoms with Gasteiger partial charge in [-0.2, -0.15) is 0 Å². The van der Waals surface area contributed by atoms with Gasteiger partial charge in [0, 0.05) is 45.9 Å². The molecule has 1 rings (SSSR count). The summed E-state index contributed by atoms with van der Waals surface area (Å²) in [5, 5.41) is 6.26. The van der Waals surface area contributed by atoms with Crippen molar-refractivity contribution in [1.29, 1.82) is 0 Å². The maximum absolute atomic E-state index is 11.6. The second-order valence-corrected chi connectivity index (χ2v) is 4.96. The number of hydrogen-bond acceptors (Lipinski definition) is 4. The fourth-order valence-corrected chi connectivity index (χ4v) is 1.85. The summed E-state index contributed by atoms with van der Waals surface area (Å²) in [4.78, 5) is 17.3. The van der Waals surface area contributed by atoms with Crippen molar-refractivity contribution in [3.63, 3.8) is 0 Å². The average molecular weight is 322 g/mol.